The molecule has 0 bridgehead atoms. The molecule has 0 aliphatic carbocycles. The summed E-state index contributed by atoms with van der Waals surface area (Å²) < 4.78 is 4.99. The molecular formula is C12H18N2O4S. The second-order valence-electron chi connectivity index (χ2n) is 4.57. The number of carboxylic acids is 1. The summed E-state index contributed by atoms with van der Waals surface area (Å²) in [6.07, 6.45) is 1.98. The Balaban J connectivity index is 2.35. The van der Waals surface area contributed by atoms with Crippen LogP contribution in [0.1, 0.15) is 30.2 Å². The van der Waals surface area contributed by atoms with Gasteiger partial charge < -0.3 is 20.2 Å². The van der Waals surface area contributed by atoms with Crippen molar-refractivity contribution in [3.8, 4) is 0 Å². The largest absolute Gasteiger partial charge is 0.475 e. The van der Waals surface area contributed by atoms with E-state index in [1.165, 1.54) is 12.1 Å². The number of carbonyl (C=O) groups excluding carboxylic acids is 1. The van der Waals surface area contributed by atoms with Gasteiger partial charge >= 0.3 is 12.0 Å². The predicted octanol–water partition coefficient (Wildman–Crippen LogP) is 1.92. The van der Waals surface area contributed by atoms with Crippen molar-refractivity contribution in [2.45, 2.75) is 25.1 Å². The van der Waals surface area contributed by atoms with Crippen LogP contribution in [0.5, 0.6) is 0 Å². The van der Waals surface area contributed by atoms with Crippen LogP contribution in [0.2, 0.25) is 0 Å². The number of nitrogens with one attached hydrogen (secondary N) is 2. The normalized spacial score (nSPS) is 11.1. The molecule has 0 atom stereocenters. The fourth-order valence-corrected chi connectivity index (χ4v) is 1.40. The Morgan fingerprint density at radius 1 is 1.37 bits per heavy atom. The number of urea groups is 1. The molecule has 0 unspecified atom stereocenters. The van der Waals surface area contributed by atoms with Crippen LogP contribution >= 0.6 is 11.8 Å². The third kappa shape index (κ3) is 5.25. The van der Waals surface area contributed by atoms with Gasteiger partial charge in [0.05, 0.1) is 6.54 Å². The summed E-state index contributed by atoms with van der Waals surface area (Å²) in [6, 6.07) is 2.57. The van der Waals surface area contributed by atoms with Gasteiger partial charge in [-0.25, -0.2) is 9.59 Å². The molecule has 3 N–H and O–H groups in total. The van der Waals surface area contributed by atoms with Crippen LogP contribution in [-0.2, 0) is 6.54 Å². The summed E-state index contributed by atoms with van der Waals surface area (Å²) in [7, 11) is 0. The van der Waals surface area contributed by atoms with Crippen LogP contribution in [0, 0.1) is 0 Å². The highest BCUT2D eigenvalue weighted by Crippen LogP contribution is 2.19. The number of carbonyl (C=O) groups is 2. The Labute approximate surface area is 115 Å². The van der Waals surface area contributed by atoms with E-state index in [0.717, 1.165) is 0 Å². The third-order valence-corrected chi connectivity index (χ3v) is 3.77. The van der Waals surface area contributed by atoms with Gasteiger partial charge in [0.1, 0.15) is 5.76 Å². The summed E-state index contributed by atoms with van der Waals surface area (Å²) in [5, 5.41) is 14.0. The van der Waals surface area contributed by atoms with E-state index < -0.39 is 5.97 Å². The number of furan rings is 1. The maximum atomic E-state index is 11.5. The molecule has 106 valence electrons. The van der Waals surface area contributed by atoms with Crippen molar-refractivity contribution in [2.24, 2.45) is 0 Å². The van der Waals surface area contributed by atoms with Gasteiger partial charge in [-0.2, -0.15) is 11.8 Å². The number of thioether (sulfide) groups is 1. The first-order valence-electron chi connectivity index (χ1n) is 5.73. The van der Waals surface area contributed by atoms with Crippen molar-refractivity contribution < 1.29 is 19.1 Å². The molecule has 1 aromatic rings. The van der Waals surface area contributed by atoms with E-state index in [-0.39, 0.29) is 23.1 Å². The van der Waals surface area contributed by atoms with Crippen molar-refractivity contribution in [2.75, 3.05) is 12.8 Å². The number of amides is 2. The lowest BCUT2D eigenvalue weighted by atomic mass is 10.2. The molecule has 19 heavy (non-hydrogen) atoms. The van der Waals surface area contributed by atoms with E-state index in [1.54, 1.807) is 11.8 Å². The lowest BCUT2D eigenvalue weighted by molar-refractivity contribution is 0.0660. The highest BCUT2D eigenvalue weighted by Gasteiger charge is 2.17. The first-order chi connectivity index (χ1) is 8.84. The smallest absolute Gasteiger partial charge is 0.371 e. The first-order valence-corrected chi connectivity index (χ1v) is 6.95. The Morgan fingerprint density at radius 2 is 2.05 bits per heavy atom. The number of hydrogen-bond acceptors (Lipinski definition) is 4. The summed E-state index contributed by atoms with van der Waals surface area (Å²) in [6.45, 7) is 4.75. The van der Waals surface area contributed by atoms with E-state index in [1.807, 2.05) is 20.1 Å². The van der Waals surface area contributed by atoms with Crippen molar-refractivity contribution in [1.29, 1.82) is 0 Å². The fraction of sp³-hybridized carbons (Fsp3) is 0.500. The second-order valence-corrected chi connectivity index (χ2v) is 6.08. The molecule has 0 radical (unpaired) electrons. The predicted molar refractivity (Wildman–Crippen MR) is 73.5 cm³/mol. The molecule has 0 saturated heterocycles. The minimum Gasteiger partial charge on any atom is -0.475 e. The maximum absolute atomic E-state index is 11.5. The van der Waals surface area contributed by atoms with Crippen molar-refractivity contribution in [3.63, 3.8) is 0 Å². The SMILES string of the molecule is CSC(C)(C)CNC(=O)NCc1ccc(C(=O)O)o1. The third-order valence-electron chi connectivity index (χ3n) is 2.52. The second kappa shape index (κ2) is 6.51. The summed E-state index contributed by atoms with van der Waals surface area (Å²) >= 11 is 1.66. The average Bonchev–Trinajstić information content (AvgIpc) is 2.83. The van der Waals surface area contributed by atoms with E-state index in [4.69, 9.17) is 9.52 Å². The van der Waals surface area contributed by atoms with E-state index in [0.29, 0.717) is 12.3 Å². The molecule has 0 aliphatic rings. The molecule has 1 aromatic heterocycles. The van der Waals surface area contributed by atoms with Gasteiger partial charge in [-0.3, -0.25) is 0 Å². The molecule has 0 aliphatic heterocycles. The Bertz CT molecular complexity index is 456. The molecule has 1 rings (SSSR count). The minimum absolute atomic E-state index is 0.0293. The molecule has 2 amide bonds. The summed E-state index contributed by atoms with van der Waals surface area (Å²) in [4.78, 5) is 22.1. The van der Waals surface area contributed by atoms with Gasteiger partial charge in [-0.05, 0) is 32.2 Å². The number of rotatable bonds is 6. The zero-order valence-corrected chi connectivity index (χ0v) is 12.0. The minimum atomic E-state index is -1.13. The van der Waals surface area contributed by atoms with Crippen molar-refractivity contribution in [1.82, 2.24) is 10.6 Å². The average molecular weight is 286 g/mol. The highest BCUT2D eigenvalue weighted by atomic mass is 32.2. The number of aromatic carboxylic acids is 1. The Kier molecular flexibility index (Phi) is 5.29. The monoisotopic (exact) mass is 286 g/mol. The Hall–Kier alpha value is -1.63. The molecule has 7 heteroatoms. The number of hydrogen-bond donors (Lipinski definition) is 3. The van der Waals surface area contributed by atoms with Gasteiger partial charge in [0.15, 0.2) is 0 Å². The van der Waals surface area contributed by atoms with E-state index in [9.17, 15) is 9.59 Å². The maximum Gasteiger partial charge on any atom is 0.371 e. The molecule has 0 spiro atoms. The molecule has 1 heterocycles. The van der Waals surface area contributed by atoms with Crippen LogP contribution in [0.3, 0.4) is 0 Å². The Morgan fingerprint density at radius 3 is 2.58 bits per heavy atom. The molecule has 6 nitrogen and oxygen atoms in total. The molecular weight excluding hydrogens is 268 g/mol. The zero-order chi connectivity index (χ0) is 14.5. The standard InChI is InChI=1S/C12H18N2O4S/c1-12(2,19-3)7-14-11(17)13-6-8-4-5-9(18-8)10(15)16/h4-5H,6-7H2,1-3H3,(H,15,16)(H2,13,14,17). The van der Waals surface area contributed by atoms with Crippen molar-refractivity contribution in [3.05, 3.63) is 23.7 Å². The van der Waals surface area contributed by atoms with Crippen LogP contribution in [-0.4, -0.2) is 34.7 Å². The van der Waals surface area contributed by atoms with Gasteiger partial charge in [0.2, 0.25) is 5.76 Å². The lowest BCUT2D eigenvalue weighted by Gasteiger charge is -2.22. The van der Waals surface area contributed by atoms with Crippen LogP contribution in [0.15, 0.2) is 16.5 Å². The van der Waals surface area contributed by atoms with Gasteiger partial charge in [0.25, 0.3) is 0 Å². The topological polar surface area (TPSA) is 91.6 Å². The van der Waals surface area contributed by atoms with Crippen LogP contribution in [0.25, 0.3) is 0 Å². The summed E-state index contributed by atoms with van der Waals surface area (Å²) in [5.41, 5.74) is 0. The fourth-order valence-electron chi connectivity index (χ4n) is 1.18. The van der Waals surface area contributed by atoms with Crippen molar-refractivity contribution >= 4 is 23.8 Å². The quantitative estimate of drug-likeness (QED) is 0.743. The highest BCUT2D eigenvalue weighted by molar-refractivity contribution is 7.99. The van der Waals surface area contributed by atoms with Crippen LogP contribution < -0.4 is 10.6 Å². The zero-order valence-electron chi connectivity index (χ0n) is 11.1. The first kappa shape index (κ1) is 15.4. The van der Waals surface area contributed by atoms with Gasteiger partial charge in [-0.15, -0.1) is 0 Å². The summed E-state index contributed by atoms with van der Waals surface area (Å²) in [5.74, 6) is -0.866. The van der Waals surface area contributed by atoms with Gasteiger partial charge in [0, 0.05) is 11.3 Å². The van der Waals surface area contributed by atoms with E-state index >= 15 is 0 Å². The van der Waals surface area contributed by atoms with Crippen LogP contribution in [0.4, 0.5) is 4.79 Å². The molecule has 0 aromatic carbocycles. The van der Waals surface area contributed by atoms with E-state index in [2.05, 4.69) is 10.6 Å². The lowest BCUT2D eigenvalue weighted by Crippen LogP contribution is -2.41. The molecule has 0 fully saturated rings. The molecule has 0 saturated carbocycles. The number of carboxylic acid groups (broad SMARTS) is 1. The van der Waals surface area contributed by atoms with Gasteiger partial charge in [-0.1, -0.05) is 0 Å².